The molecule has 6 nitrogen and oxygen atoms in total. The first-order valence-electron chi connectivity index (χ1n) is 8.68. The van der Waals surface area contributed by atoms with E-state index in [9.17, 15) is 27.2 Å². The molecule has 1 heterocycles. The number of anilines is 2. The molecule has 1 N–H and O–H groups in total. The van der Waals surface area contributed by atoms with E-state index in [2.05, 4.69) is 15.0 Å². The zero-order chi connectivity index (χ0) is 22.6. The van der Waals surface area contributed by atoms with Crippen molar-refractivity contribution in [2.45, 2.75) is 6.18 Å². The molecule has 0 bridgehead atoms. The topological polar surface area (TPSA) is 77.5 Å². The maximum atomic E-state index is 13.2. The van der Waals surface area contributed by atoms with Gasteiger partial charge < -0.3 is 14.8 Å². The average Bonchev–Trinajstić information content (AvgIpc) is 2.74. The Balaban J connectivity index is 1.99. The summed E-state index contributed by atoms with van der Waals surface area (Å²) in [6.07, 6.45) is -3.82. The minimum absolute atomic E-state index is 0.0416. The SMILES string of the molecule is COc1ccc(-c2ccc(C(=O)OC(=O)C(F)(F)F)c(Nc3ccc(F)cc3)c2)cn1. The summed E-state index contributed by atoms with van der Waals surface area (Å²) in [5.41, 5.74) is 1.24. The molecule has 3 aromatic rings. The third kappa shape index (κ3) is 5.35. The first-order valence-corrected chi connectivity index (χ1v) is 8.68. The van der Waals surface area contributed by atoms with Gasteiger partial charge in [-0.25, -0.2) is 19.0 Å². The molecule has 31 heavy (non-hydrogen) atoms. The van der Waals surface area contributed by atoms with Crippen LogP contribution in [0.15, 0.2) is 60.8 Å². The summed E-state index contributed by atoms with van der Waals surface area (Å²) < 4.78 is 59.5. The number of esters is 2. The molecule has 0 aliphatic heterocycles. The van der Waals surface area contributed by atoms with Crippen molar-refractivity contribution >= 4 is 23.3 Å². The van der Waals surface area contributed by atoms with Crippen LogP contribution in [0.5, 0.6) is 5.88 Å². The summed E-state index contributed by atoms with van der Waals surface area (Å²) in [6.45, 7) is 0. The zero-order valence-corrected chi connectivity index (χ0v) is 15.9. The van der Waals surface area contributed by atoms with Crippen molar-refractivity contribution in [2.75, 3.05) is 12.4 Å². The van der Waals surface area contributed by atoms with E-state index in [1.807, 2.05) is 0 Å². The number of benzene rings is 2. The molecule has 2 aromatic carbocycles. The highest BCUT2D eigenvalue weighted by atomic mass is 19.4. The van der Waals surface area contributed by atoms with Crippen LogP contribution in [0.2, 0.25) is 0 Å². The third-order valence-corrected chi connectivity index (χ3v) is 4.06. The molecule has 160 valence electrons. The molecular formula is C21H14F4N2O4. The zero-order valence-electron chi connectivity index (χ0n) is 15.9. The predicted octanol–water partition coefficient (Wildman–Crippen LogP) is 4.89. The van der Waals surface area contributed by atoms with Gasteiger partial charge in [-0.3, -0.25) is 0 Å². The Kier molecular flexibility index (Phi) is 6.19. The van der Waals surface area contributed by atoms with Crippen LogP contribution in [-0.2, 0) is 9.53 Å². The molecule has 0 spiro atoms. The van der Waals surface area contributed by atoms with E-state index in [-0.39, 0.29) is 11.3 Å². The normalized spacial score (nSPS) is 11.0. The van der Waals surface area contributed by atoms with Gasteiger partial charge in [0.25, 0.3) is 0 Å². The van der Waals surface area contributed by atoms with Gasteiger partial charge in [0.1, 0.15) is 5.82 Å². The molecular weight excluding hydrogens is 420 g/mol. The van der Waals surface area contributed by atoms with Crippen LogP contribution in [0.25, 0.3) is 11.1 Å². The minimum Gasteiger partial charge on any atom is -0.481 e. The first-order chi connectivity index (χ1) is 14.7. The van der Waals surface area contributed by atoms with Crippen molar-refractivity contribution in [2.24, 2.45) is 0 Å². The van der Waals surface area contributed by atoms with Gasteiger partial charge in [0, 0.05) is 23.5 Å². The maximum absolute atomic E-state index is 13.2. The molecule has 0 aliphatic carbocycles. The van der Waals surface area contributed by atoms with Gasteiger partial charge in [-0.1, -0.05) is 6.07 Å². The van der Waals surface area contributed by atoms with Crippen LogP contribution in [0.1, 0.15) is 10.4 Å². The van der Waals surface area contributed by atoms with Crippen LogP contribution in [0.4, 0.5) is 28.9 Å². The Hall–Kier alpha value is -3.95. The average molecular weight is 434 g/mol. The number of hydrogen-bond donors (Lipinski definition) is 1. The monoisotopic (exact) mass is 434 g/mol. The van der Waals surface area contributed by atoms with Gasteiger partial charge in [-0.05, 0) is 48.0 Å². The molecule has 0 saturated carbocycles. The number of rotatable bonds is 5. The lowest BCUT2D eigenvalue weighted by Gasteiger charge is -2.14. The number of nitrogens with zero attached hydrogens (tertiary/aromatic N) is 1. The summed E-state index contributed by atoms with van der Waals surface area (Å²) in [4.78, 5) is 27.4. The van der Waals surface area contributed by atoms with Gasteiger partial charge in [0.05, 0.1) is 18.4 Å². The van der Waals surface area contributed by atoms with Crippen LogP contribution in [-0.4, -0.2) is 30.2 Å². The van der Waals surface area contributed by atoms with Crippen LogP contribution in [0, 0.1) is 5.82 Å². The van der Waals surface area contributed by atoms with E-state index in [1.54, 1.807) is 12.1 Å². The largest absolute Gasteiger partial charge is 0.491 e. The number of carbonyl (C=O) groups excluding carboxylic acids is 2. The number of methoxy groups -OCH3 is 1. The number of ether oxygens (including phenoxy) is 2. The summed E-state index contributed by atoms with van der Waals surface area (Å²) >= 11 is 0. The predicted molar refractivity (Wildman–Crippen MR) is 102 cm³/mol. The van der Waals surface area contributed by atoms with Crippen LogP contribution >= 0.6 is 0 Å². The molecule has 0 fully saturated rings. The summed E-state index contributed by atoms with van der Waals surface area (Å²) in [7, 11) is 1.45. The second-order valence-electron chi connectivity index (χ2n) is 6.16. The summed E-state index contributed by atoms with van der Waals surface area (Å²) in [5.74, 6) is -4.25. The second kappa shape index (κ2) is 8.82. The molecule has 0 aliphatic rings. The number of pyridine rings is 1. The molecule has 0 saturated heterocycles. The number of halogens is 4. The molecule has 0 unspecified atom stereocenters. The fourth-order valence-electron chi connectivity index (χ4n) is 2.56. The summed E-state index contributed by atoms with van der Waals surface area (Å²) in [5, 5.41) is 2.82. The van der Waals surface area contributed by atoms with Gasteiger partial charge in [0.2, 0.25) is 5.88 Å². The van der Waals surface area contributed by atoms with Crippen molar-refractivity contribution < 1.29 is 36.6 Å². The Morgan fingerprint density at radius 3 is 2.23 bits per heavy atom. The molecule has 0 atom stereocenters. The van der Waals surface area contributed by atoms with Crippen molar-refractivity contribution in [3.8, 4) is 17.0 Å². The van der Waals surface area contributed by atoms with E-state index < -0.39 is 23.9 Å². The quantitative estimate of drug-likeness (QED) is 0.350. The highest BCUT2D eigenvalue weighted by molar-refractivity contribution is 6.03. The molecule has 0 amide bonds. The van der Waals surface area contributed by atoms with Crippen molar-refractivity contribution in [3.05, 3.63) is 72.2 Å². The van der Waals surface area contributed by atoms with Gasteiger partial charge in [-0.15, -0.1) is 0 Å². The van der Waals surface area contributed by atoms with E-state index in [0.29, 0.717) is 22.7 Å². The number of carbonyl (C=O) groups is 2. The lowest BCUT2D eigenvalue weighted by atomic mass is 10.0. The van der Waals surface area contributed by atoms with Gasteiger partial charge in [0.15, 0.2) is 0 Å². The molecule has 0 radical (unpaired) electrons. The number of nitrogens with one attached hydrogen (secondary N) is 1. The fraction of sp³-hybridized carbons (Fsp3) is 0.0952. The molecule has 10 heteroatoms. The Morgan fingerprint density at radius 2 is 1.65 bits per heavy atom. The number of alkyl halides is 3. The van der Waals surface area contributed by atoms with Crippen LogP contribution in [0.3, 0.4) is 0 Å². The van der Waals surface area contributed by atoms with E-state index in [4.69, 9.17) is 4.74 Å². The number of hydrogen-bond acceptors (Lipinski definition) is 6. The van der Waals surface area contributed by atoms with Gasteiger partial charge >= 0.3 is 18.1 Å². The van der Waals surface area contributed by atoms with Gasteiger partial charge in [-0.2, -0.15) is 13.2 Å². The third-order valence-electron chi connectivity index (χ3n) is 4.06. The first kappa shape index (κ1) is 21.8. The van der Waals surface area contributed by atoms with E-state index in [0.717, 1.165) is 12.1 Å². The Labute approximate surface area is 173 Å². The van der Waals surface area contributed by atoms with Crippen molar-refractivity contribution in [1.29, 1.82) is 0 Å². The molecule has 3 rings (SSSR count). The van der Waals surface area contributed by atoms with Crippen LogP contribution < -0.4 is 10.1 Å². The van der Waals surface area contributed by atoms with Crippen molar-refractivity contribution in [1.82, 2.24) is 4.98 Å². The highest BCUT2D eigenvalue weighted by Gasteiger charge is 2.42. The smallest absolute Gasteiger partial charge is 0.481 e. The number of aromatic nitrogens is 1. The molecule has 1 aromatic heterocycles. The summed E-state index contributed by atoms with van der Waals surface area (Å²) in [6, 6.07) is 12.5. The van der Waals surface area contributed by atoms with E-state index in [1.165, 1.54) is 43.6 Å². The Bertz CT molecular complexity index is 1100. The lowest BCUT2D eigenvalue weighted by Crippen LogP contribution is -2.28. The minimum atomic E-state index is -5.32. The second-order valence-corrected chi connectivity index (χ2v) is 6.16. The highest BCUT2D eigenvalue weighted by Crippen LogP contribution is 2.30. The lowest BCUT2D eigenvalue weighted by molar-refractivity contribution is -0.193. The van der Waals surface area contributed by atoms with Crippen molar-refractivity contribution in [3.63, 3.8) is 0 Å². The maximum Gasteiger partial charge on any atom is 0.491 e. The Morgan fingerprint density at radius 1 is 0.968 bits per heavy atom. The standard InChI is InChI=1S/C21H14F4N2O4/c1-30-18-9-3-13(11-26-18)12-2-8-16(19(28)31-20(29)21(23,24)25)17(10-12)27-15-6-4-14(22)5-7-15/h2-11,27H,1H3. The fourth-order valence-corrected chi connectivity index (χ4v) is 2.56. The van der Waals surface area contributed by atoms with E-state index >= 15 is 0 Å².